The Bertz CT molecular complexity index is 148. The van der Waals surface area contributed by atoms with Gasteiger partial charge in [-0.25, -0.2) is 0 Å². The van der Waals surface area contributed by atoms with Crippen LogP contribution >= 0.6 is 0 Å². The lowest BCUT2D eigenvalue weighted by Crippen LogP contribution is -2.42. The molecule has 1 rings (SSSR count). The van der Waals surface area contributed by atoms with Gasteiger partial charge in [0.15, 0.2) is 0 Å². The van der Waals surface area contributed by atoms with Gasteiger partial charge in [-0.05, 0) is 13.0 Å². The van der Waals surface area contributed by atoms with Gasteiger partial charge in [0.1, 0.15) is 6.23 Å². The van der Waals surface area contributed by atoms with Crippen molar-refractivity contribution < 1.29 is 17.9 Å². The van der Waals surface area contributed by atoms with Crippen molar-refractivity contribution >= 4 is 0 Å². The summed E-state index contributed by atoms with van der Waals surface area (Å²) in [5, 5.41) is 2.83. The second-order valence-electron chi connectivity index (χ2n) is 2.73. The normalized spacial score (nSPS) is 27.5. The third-order valence-corrected chi connectivity index (χ3v) is 1.92. The second kappa shape index (κ2) is 3.62. The van der Waals surface area contributed by atoms with Crippen LogP contribution in [0.3, 0.4) is 0 Å². The van der Waals surface area contributed by atoms with E-state index >= 15 is 0 Å². The first kappa shape index (κ1) is 9.80. The first-order chi connectivity index (χ1) is 5.54. The Morgan fingerprint density at radius 1 is 1.50 bits per heavy atom. The van der Waals surface area contributed by atoms with Crippen LogP contribution in [0, 0.1) is 5.92 Å². The number of rotatable bonds is 1. The molecule has 5 heteroatoms. The number of ether oxygens (including phenoxy) is 1. The van der Waals surface area contributed by atoms with Gasteiger partial charge in [0.05, 0.1) is 5.92 Å². The van der Waals surface area contributed by atoms with Crippen LogP contribution in [0.5, 0.6) is 0 Å². The average molecular weight is 182 g/mol. The van der Waals surface area contributed by atoms with E-state index in [4.69, 9.17) is 4.74 Å². The molecule has 0 aromatic heterocycles. The molecule has 1 aliphatic heterocycles. The van der Waals surface area contributed by atoms with Crippen LogP contribution in [-0.2, 0) is 4.74 Å². The van der Waals surface area contributed by atoms with Crippen LogP contribution in [0.1, 0.15) is 12.8 Å². The summed E-state index contributed by atoms with van der Waals surface area (Å²) in [6.45, 7) is 0.341. The lowest BCUT2D eigenvalue weighted by molar-refractivity contribution is -0.129. The Kier molecular flexibility index (Phi) is 2.95. The average Bonchev–Trinajstić information content (AvgIpc) is 2.03. The van der Waals surface area contributed by atoms with Crippen molar-refractivity contribution in [1.29, 1.82) is 0 Å². The van der Waals surface area contributed by atoms with Crippen molar-refractivity contribution in [3.05, 3.63) is 5.92 Å². The van der Waals surface area contributed by atoms with Crippen LogP contribution in [0.4, 0.5) is 13.2 Å². The molecule has 1 radical (unpaired) electrons. The molecule has 1 atom stereocenters. The zero-order valence-corrected chi connectivity index (χ0v) is 6.74. The Balaban J connectivity index is 2.46. The maximum atomic E-state index is 12.1. The fourth-order valence-corrected chi connectivity index (χ4v) is 1.21. The molecule has 1 unspecified atom stereocenters. The van der Waals surface area contributed by atoms with Gasteiger partial charge in [0, 0.05) is 13.5 Å². The predicted octanol–water partition coefficient (Wildman–Crippen LogP) is 1.48. The highest BCUT2D eigenvalue weighted by atomic mass is 19.4. The molecule has 0 spiro atoms. The third-order valence-electron chi connectivity index (χ3n) is 1.92. The molecular formula is C7H11F3NO. The molecule has 1 saturated heterocycles. The van der Waals surface area contributed by atoms with E-state index in [0.29, 0.717) is 6.54 Å². The number of hydrogen-bond donors (Lipinski definition) is 1. The Morgan fingerprint density at radius 3 is 2.67 bits per heavy atom. The SMILES string of the molecule is COC1C[C](C(F)(F)F)CCN1. The number of halogens is 3. The van der Waals surface area contributed by atoms with Crippen molar-refractivity contribution in [3.63, 3.8) is 0 Å². The smallest absolute Gasteiger partial charge is 0.367 e. The summed E-state index contributed by atoms with van der Waals surface area (Å²) < 4.78 is 41.2. The molecule has 1 N–H and O–H groups in total. The summed E-state index contributed by atoms with van der Waals surface area (Å²) in [6.07, 6.45) is -4.61. The minimum Gasteiger partial charge on any atom is -0.367 e. The van der Waals surface area contributed by atoms with Crippen molar-refractivity contribution in [2.45, 2.75) is 25.2 Å². The van der Waals surface area contributed by atoms with E-state index in [1.807, 2.05) is 0 Å². The summed E-state index contributed by atoms with van der Waals surface area (Å²) in [6, 6.07) is 0. The Labute approximate surface area is 69.1 Å². The van der Waals surface area contributed by atoms with E-state index in [9.17, 15) is 13.2 Å². The van der Waals surface area contributed by atoms with Crippen LogP contribution < -0.4 is 5.32 Å². The van der Waals surface area contributed by atoms with Gasteiger partial charge in [0.25, 0.3) is 0 Å². The Hall–Kier alpha value is -0.290. The van der Waals surface area contributed by atoms with Crippen molar-refractivity contribution in [1.82, 2.24) is 5.32 Å². The number of methoxy groups -OCH3 is 1. The fraction of sp³-hybridized carbons (Fsp3) is 0.857. The monoisotopic (exact) mass is 182 g/mol. The zero-order chi connectivity index (χ0) is 9.19. The summed E-state index contributed by atoms with van der Waals surface area (Å²) in [7, 11) is 1.40. The molecule has 0 aliphatic carbocycles. The van der Waals surface area contributed by atoms with Crippen molar-refractivity contribution in [2.75, 3.05) is 13.7 Å². The fourth-order valence-electron chi connectivity index (χ4n) is 1.21. The van der Waals surface area contributed by atoms with Crippen molar-refractivity contribution in [3.8, 4) is 0 Å². The van der Waals surface area contributed by atoms with Crippen LogP contribution in [0.15, 0.2) is 0 Å². The van der Waals surface area contributed by atoms with Gasteiger partial charge >= 0.3 is 6.18 Å². The standard InChI is InChI=1S/C7H11F3NO/c1-12-6-4-5(2-3-11-6)7(8,9)10/h6,11H,2-4H2,1H3. The number of alkyl halides is 3. The first-order valence-corrected chi connectivity index (χ1v) is 3.72. The molecule has 1 aliphatic rings. The van der Waals surface area contributed by atoms with Gasteiger partial charge in [0.2, 0.25) is 0 Å². The minimum atomic E-state index is -4.15. The predicted molar refractivity (Wildman–Crippen MR) is 37.3 cm³/mol. The highest BCUT2D eigenvalue weighted by molar-refractivity contribution is 5.02. The number of hydrogen-bond acceptors (Lipinski definition) is 2. The minimum absolute atomic E-state index is 0.0556. The zero-order valence-electron chi connectivity index (χ0n) is 6.74. The van der Waals surface area contributed by atoms with Gasteiger partial charge in [-0.3, -0.25) is 5.32 Å². The largest absolute Gasteiger partial charge is 0.395 e. The van der Waals surface area contributed by atoms with Gasteiger partial charge in [-0.15, -0.1) is 0 Å². The third kappa shape index (κ3) is 2.35. The molecule has 1 heterocycles. The van der Waals surface area contributed by atoms with Gasteiger partial charge in [-0.2, -0.15) is 13.2 Å². The molecule has 2 nitrogen and oxygen atoms in total. The maximum Gasteiger partial charge on any atom is 0.395 e. The van der Waals surface area contributed by atoms with E-state index in [2.05, 4.69) is 5.32 Å². The summed E-state index contributed by atoms with van der Waals surface area (Å²) >= 11 is 0. The lowest BCUT2D eigenvalue weighted by atomic mass is 9.96. The number of nitrogens with one attached hydrogen (secondary N) is 1. The molecular weight excluding hydrogens is 171 g/mol. The van der Waals surface area contributed by atoms with Crippen LogP contribution in [0.25, 0.3) is 0 Å². The molecule has 0 amide bonds. The van der Waals surface area contributed by atoms with Gasteiger partial charge < -0.3 is 4.74 Å². The van der Waals surface area contributed by atoms with Crippen LogP contribution in [0.2, 0.25) is 0 Å². The number of piperidine rings is 1. The quantitative estimate of drug-likeness (QED) is 0.663. The van der Waals surface area contributed by atoms with Crippen LogP contribution in [-0.4, -0.2) is 26.1 Å². The first-order valence-electron chi connectivity index (χ1n) is 3.72. The molecule has 12 heavy (non-hydrogen) atoms. The molecule has 0 aromatic carbocycles. The summed E-state index contributed by atoms with van der Waals surface area (Å²) in [5.74, 6) is -0.381. The van der Waals surface area contributed by atoms with Gasteiger partial charge in [-0.1, -0.05) is 0 Å². The molecule has 0 bridgehead atoms. The highest BCUT2D eigenvalue weighted by Crippen LogP contribution is 2.35. The molecule has 1 fully saturated rings. The van der Waals surface area contributed by atoms with E-state index < -0.39 is 12.4 Å². The maximum absolute atomic E-state index is 12.1. The highest BCUT2D eigenvalue weighted by Gasteiger charge is 2.42. The summed E-state index contributed by atoms with van der Waals surface area (Å²) in [4.78, 5) is 0. The Morgan fingerprint density at radius 2 is 2.17 bits per heavy atom. The topological polar surface area (TPSA) is 21.3 Å². The van der Waals surface area contributed by atoms with E-state index in [1.54, 1.807) is 0 Å². The summed E-state index contributed by atoms with van der Waals surface area (Å²) in [5.41, 5.74) is 0. The van der Waals surface area contributed by atoms with E-state index in [0.717, 1.165) is 0 Å². The lowest BCUT2D eigenvalue weighted by Gasteiger charge is -2.29. The van der Waals surface area contributed by atoms with Crippen molar-refractivity contribution in [2.24, 2.45) is 0 Å². The van der Waals surface area contributed by atoms with E-state index in [1.165, 1.54) is 7.11 Å². The molecule has 0 aromatic rings. The van der Waals surface area contributed by atoms with E-state index in [-0.39, 0.29) is 18.8 Å². The molecule has 71 valence electrons. The molecule has 0 saturated carbocycles. The second-order valence-corrected chi connectivity index (χ2v) is 2.73.